The van der Waals surface area contributed by atoms with Gasteiger partial charge in [0, 0.05) is 24.7 Å². The number of nitrogens with one attached hydrogen (secondary N) is 2. The summed E-state index contributed by atoms with van der Waals surface area (Å²) in [6.45, 7) is 3.46. The molecule has 7 nitrogen and oxygen atoms in total. The summed E-state index contributed by atoms with van der Waals surface area (Å²) >= 11 is 0. The molecule has 0 saturated heterocycles. The molecule has 0 spiro atoms. The number of rotatable bonds is 7. The van der Waals surface area contributed by atoms with Crippen molar-refractivity contribution in [1.29, 1.82) is 0 Å². The van der Waals surface area contributed by atoms with E-state index in [0.717, 1.165) is 42.5 Å². The van der Waals surface area contributed by atoms with Gasteiger partial charge in [0.2, 0.25) is 21.8 Å². The standard InChI is InChI=1S/C27H35N3O4S/c1-19-16-22-18-24(14-15-26(22)30(19)20(2)31)35(33,34)29-25(17-21-10-6-5-7-11-21)27(32)28-23-12-8-3-4-9-13-23/h5-7,10-11,14-15,18-19,23,25,29H,3-4,8-9,12-13,16-17H2,1-2H3,(H,28,32)/t19-,25-/m1/s1. The van der Waals surface area contributed by atoms with Crippen LogP contribution in [0, 0.1) is 0 Å². The van der Waals surface area contributed by atoms with E-state index in [0.29, 0.717) is 6.42 Å². The van der Waals surface area contributed by atoms with Crippen LogP contribution < -0.4 is 14.9 Å². The molecule has 35 heavy (non-hydrogen) atoms. The zero-order valence-electron chi connectivity index (χ0n) is 20.5. The van der Waals surface area contributed by atoms with E-state index in [1.54, 1.807) is 17.0 Å². The molecule has 1 saturated carbocycles. The molecule has 2 amide bonds. The number of anilines is 1. The first-order valence-corrected chi connectivity index (χ1v) is 14.0. The lowest BCUT2D eigenvalue weighted by molar-refractivity contribution is -0.123. The Morgan fingerprint density at radius 3 is 2.37 bits per heavy atom. The number of sulfonamides is 1. The average molecular weight is 498 g/mol. The van der Waals surface area contributed by atoms with Crippen LogP contribution in [0.3, 0.4) is 0 Å². The number of carbonyl (C=O) groups excluding carboxylic acids is 2. The van der Waals surface area contributed by atoms with Crippen LogP contribution in [0.2, 0.25) is 0 Å². The first-order chi connectivity index (χ1) is 16.7. The van der Waals surface area contributed by atoms with Crippen molar-refractivity contribution in [2.75, 3.05) is 4.90 Å². The summed E-state index contributed by atoms with van der Waals surface area (Å²) < 4.78 is 29.5. The lowest BCUT2D eigenvalue weighted by Crippen LogP contribution is -2.50. The molecule has 2 aliphatic rings. The number of benzene rings is 2. The van der Waals surface area contributed by atoms with Gasteiger partial charge in [0.1, 0.15) is 6.04 Å². The Bertz CT molecular complexity index is 1160. The zero-order valence-corrected chi connectivity index (χ0v) is 21.3. The Morgan fingerprint density at radius 1 is 1.03 bits per heavy atom. The first kappa shape index (κ1) is 25.4. The van der Waals surface area contributed by atoms with Crippen LogP contribution in [-0.2, 0) is 32.5 Å². The normalized spacial score (nSPS) is 19.6. The number of carbonyl (C=O) groups is 2. The highest BCUT2D eigenvalue weighted by molar-refractivity contribution is 7.89. The lowest BCUT2D eigenvalue weighted by Gasteiger charge is -2.23. The second-order valence-electron chi connectivity index (χ2n) is 9.79. The van der Waals surface area contributed by atoms with Crippen LogP contribution in [-0.4, -0.2) is 38.4 Å². The summed E-state index contributed by atoms with van der Waals surface area (Å²) in [5.74, 6) is -0.357. The van der Waals surface area contributed by atoms with E-state index in [1.807, 2.05) is 37.3 Å². The van der Waals surface area contributed by atoms with E-state index in [2.05, 4.69) is 10.0 Å². The average Bonchev–Trinajstić information content (AvgIpc) is 2.96. The van der Waals surface area contributed by atoms with Crippen molar-refractivity contribution in [3.8, 4) is 0 Å². The Hall–Kier alpha value is -2.71. The monoisotopic (exact) mass is 497 g/mol. The van der Waals surface area contributed by atoms with Gasteiger partial charge in [0.05, 0.1) is 4.90 Å². The summed E-state index contributed by atoms with van der Waals surface area (Å²) in [4.78, 5) is 27.1. The number of amides is 2. The summed E-state index contributed by atoms with van der Waals surface area (Å²) in [7, 11) is -3.96. The molecule has 0 radical (unpaired) electrons. The maximum Gasteiger partial charge on any atom is 0.241 e. The lowest BCUT2D eigenvalue weighted by atomic mass is 10.0. The molecule has 0 bridgehead atoms. The van der Waals surface area contributed by atoms with Gasteiger partial charge in [0.25, 0.3) is 0 Å². The Morgan fingerprint density at radius 2 is 1.71 bits per heavy atom. The minimum absolute atomic E-state index is 0.0235. The highest BCUT2D eigenvalue weighted by Gasteiger charge is 2.32. The summed E-state index contributed by atoms with van der Waals surface area (Å²) in [5.41, 5.74) is 2.45. The van der Waals surface area contributed by atoms with Gasteiger partial charge in [-0.25, -0.2) is 8.42 Å². The number of fused-ring (bicyclic) bond motifs is 1. The molecule has 4 rings (SSSR count). The summed E-state index contributed by atoms with van der Waals surface area (Å²) in [5, 5.41) is 3.11. The van der Waals surface area contributed by atoms with Gasteiger partial charge in [-0.2, -0.15) is 4.72 Å². The fourth-order valence-electron chi connectivity index (χ4n) is 5.27. The minimum Gasteiger partial charge on any atom is -0.352 e. The third-order valence-corrected chi connectivity index (χ3v) is 8.48. The Labute approximate surface area is 208 Å². The molecule has 2 aromatic rings. The predicted octanol–water partition coefficient (Wildman–Crippen LogP) is 3.71. The number of hydrogen-bond acceptors (Lipinski definition) is 4. The SMILES string of the molecule is CC(=O)N1c2ccc(S(=O)(=O)N[C@H](Cc3ccccc3)C(=O)NC3CCCCCC3)cc2C[C@H]1C. The third kappa shape index (κ3) is 6.11. The van der Waals surface area contributed by atoms with Crippen molar-refractivity contribution >= 4 is 27.5 Å². The van der Waals surface area contributed by atoms with Gasteiger partial charge < -0.3 is 10.2 Å². The van der Waals surface area contributed by atoms with Crippen LogP contribution >= 0.6 is 0 Å². The zero-order chi connectivity index (χ0) is 25.0. The van der Waals surface area contributed by atoms with Crippen LogP contribution in [0.15, 0.2) is 53.4 Å². The molecule has 1 aliphatic carbocycles. The van der Waals surface area contributed by atoms with Gasteiger partial charge >= 0.3 is 0 Å². The molecule has 2 aromatic carbocycles. The van der Waals surface area contributed by atoms with Gasteiger partial charge in [-0.3, -0.25) is 9.59 Å². The van der Waals surface area contributed by atoms with E-state index < -0.39 is 16.1 Å². The topological polar surface area (TPSA) is 95.6 Å². The Kier molecular flexibility index (Phi) is 7.91. The van der Waals surface area contributed by atoms with E-state index in [1.165, 1.54) is 25.8 Å². The quantitative estimate of drug-likeness (QED) is 0.570. The minimum atomic E-state index is -3.96. The van der Waals surface area contributed by atoms with Crippen LogP contribution in [0.5, 0.6) is 0 Å². The largest absolute Gasteiger partial charge is 0.352 e. The van der Waals surface area contributed by atoms with Crippen LogP contribution in [0.4, 0.5) is 5.69 Å². The molecule has 1 aliphatic heterocycles. The molecular formula is C27H35N3O4S. The second kappa shape index (κ2) is 10.9. The molecule has 2 atom stereocenters. The van der Waals surface area contributed by atoms with E-state index in [4.69, 9.17) is 0 Å². The summed E-state index contributed by atoms with van der Waals surface area (Å²) in [6, 6.07) is 13.4. The van der Waals surface area contributed by atoms with Crippen molar-refractivity contribution in [2.24, 2.45) is 0 Å². The molecular weight excluding hydrogens is 462 g/mol. The van der Waals surface area contributed by atoms with E-state index in [9.17, 15) is 18.0 Å². The van der Waals surface area contributed by atoms with Crippen molar-refractivity contribution in [2.45, 2.75) is 88.2 Å². The van der Waals surface area contributed by atoms with Crippen molar-refractivity contribution in [3.63, 3.8) is 0 Å². The van der Waals surface area contributed by atoms with Crippen molar-refractivity contribution in [3.05, 3.63) is 59.7 Å². The van der Waals surface area contributed by atoms with Gasteiger partial charge in [-0.05, 0) is 61.9 Å². The molecule has 1 heterocycles. The first-order valence-electron chi connectivity index (χ1n) is 12.5. The highest BCUT2D eigenvalue weighted by atomic mass is 32.2. The molecule has 1 fully saturated rings. The van der Waals surface area contributed by atoms with E-state index >= 15 is 0 Å². The number of hydrogen-bond donors (Lipinski definition) is 2. The van der Waals surface area contributed by atoms with Gasteiger partial charge in [0.15, 0.2) is 0 Å². The maximum atomic E-state index is 13.4. The Balaban J connectivity index is 1.56. The van der Waals surface area contributed by atoms with Gasteiger partial charge in [-0.15, -0.1) is 0 Å². The predicted molar refractivity (Wildman–Crippen MR) is 137 cm³/mol. The third-order valence-electron chi connectivity index (χ3n) is 7.01. The molecule has 2 N–H and O–H groups in total. The number of nitrogens with zero attached hydrogens (tertiary/aromatic N) is 1. The smallest absolute Gasteiger partial charge is 0.241 e. The molecule has 8 heteroatoms. The molecule has 188 valence electrons. The van der Waals surface area contributed by atoms with Crippen molar-refractivity contribution in [1.82, 2.24) is 10.0 Å². The molecule has 0 aromatic heterocycles. The summed E-state index contributed by atoms with van der Waals surface area (Å²) in [6.07, 6.45) is 7.19. The highest BCUT2D eigenvalue weighted by Crippen LogP contribution is 2.34. The fourth-order valence-corrected chi connectivity index (χ4v) is 6.52. The molecule has 0 unspecified atom stereocenters. The van der Waals surface area contributed by atoms with Gasteiger partial charge in [-0.1, -0.05) is 56.0 Å². The van der Waals surface area contributed by atoms with E-state index in [-0.39, 0.29) is 35.2 Å². The fraction of sp³-hybridized carbons (Fsp3) is 0.481. The van der Waals surface area contributed by atoms with Crippen molar-refractivity contribution < 1.29 is 18.0 Å². The van der Waals surface area contributed by atoms with Crippen LogP contribution in [0.1, 0.15) is 63.5 Å². The second-order valence-corrected chi connectivity index (χ2v) is 11.5. The van der Waals surface area contributed by atoms with Crippen LogP contribution in [0.25, 0.3) is 0 Å². The maximum absolute atomic E-state index is 13.4.